The van der Waals surface area contributed by atoms with E-state index in [2.05, 4.69) is 19.9 Å². The highest BCUT2D eigenvalue weighted by atomic mass is 16.5. The Bertz CT molecular complexity index is 392. The molecule has 0 N–H and O–H groups in total. The molecule has 0 fully saturated rings. The normalized spacial score (nSPS) is 11.0. The summed E-state index contributed by atoms with van der Waals surface area (Å²) in [7, 11) is 0. The SMILES string of the molecule is Cc1cc(OCC(=O)C(C)C)cc(C(C)C)c1. The van der Waals surface area contributed by atoms with Crippen LogP contribution in [0.3, 0.4) is 0 Å². The Morgan fingerprint density at radius 1 is 1.18 bits per heavy atom. The molecule has 0 spiro atoms. The van der Waals surface area contributed by atoms with Gasteiger partial charge in [-0.25, -0.2) is 0 Å². The van der Waals surface area contributed by atoms with E-state index in [0.29, 0.717) is 5.92 Å². The molecular formula is C15H22O2. The zero-order valence-corrected chi connectivity index (χ0v) is 11.4. The predicted octanol–water partition coefficient (Wildman–Crippen LogP) is 3.72. The zero-order chi connectivity index (χ0) is 13.0. The summed E-state index contributed by atoms with van der Waals surface area (Å²) in [5, 5.41) is 0. The van der Waals surface area contributed by atoms with Gasteiger partial charge in [-0.1, -0.05) is 33.8 Å². The molecule has 0 bridgehead atoms. The molecule has 1 aromatic carbocycles. The lowest BCUT2D eigenvalue weighted by molar-refractivity contribution is -0.123. The highest BCUT2D eigenvalue weighted by molar-refractivity contribution is 5.81. The van der Waals surface area contributed by atoms with Crippen LogP contribution in [0.5, 0.6) is 5.75 Å². The third-order valence-corrected chi connectivity index (χ3v) is 2.76. The van der Waals surface area contributed by atoms with Crippen LogP contribution in [0.1, 0.15) is 44.7 Å². The summed E-state index contributed by atoms with van der Waals surface area (Å²) < 4.78 is 5.55. The van der Waals surface area contributed by atoms with Crippen molar-refractivity contribution in [2.75, 3.05) is 6.61 Å². The molecule has 0 amide bonds. The molecule has 0 aliphatic rings. The standard InChI is InChI=1S/C15H22O2/c1-10(2)13-6-12(5)7-14(8-13)17-9-15(16)11(3)4/h6-8,10-11H,9H2,1-5H3. The largest absolute Gasteiger partial charge is 0.486 e. The van der Waals surface area contributed by atoms with Crippen LogP contribution >= 0.6 is 0 Å². The van der Waals surface area contributed by atoms with Crippen molar-refractivity contribution in [1.29, 1.82) is 0 Å². The second-order valence-corrected chi connectivity index (χ2v) is 5.14. The lowest BCUT2D eigenvalue weighted by Gasteiger charge is -2.12. The molecule has 94 valence electrons. The summed E-state index contributed by atoms with van der Waals surface area (Å²) in [5.74, 6) is 1.43. The Balaban J connectivity index is 2.74. The fourth-order valence-electron chi connectivity index (χ4n) is 1.51. The van der Waals surface area contributed by atoms with E-state index in [1.54, 1.807) is 0 Å². The van der Waals surface area contributed by atoms with Crippen LogP contribution in [0, 0.1) is 12.8 Å². The maximum Gasteiger partial charge on any atom is 0.172 e. The molecule has 0 aliphatic carbocycles. The van der Waals surface area contributed by atoms with Crippen molar-refractivity contribution < 1.29 is 9.53 Å². The van der Waals surface area contributed by atoms with Gasteiger partial charge in [-0.05, 0) is 36.1 Å². The van der Waals surface area contributed by atoms with Gasteiger partial charge in [-0.15, -0.1) is 0 Å². The minimum absolute atomic E-state index is 0.0318. The molecule has 0 atom stereocenters. The molecule has 1 rings (SSSR count). The Morgan fingerprint density at radius 3 is 2.35 bits per heavy atom. The number of carbonyl (C=O) groups is 1. The molecular weight excluding hydrogens is 212 g/mol. The Morgan fingerprint density at radius 2 is 1.82 bits per heavy atom. The number of ether oxygens (including phenoxy) is 1. The topological polar surface area (TPSA) is 26.3 Å². The first-order valence-corrected chi connectivity index (χ1v) is 6.17. The summed E-state index contributed by atoms with van der Waals surface area (Å²) in [6, 6.07) is 6.15. The average Bonchev–Trinajstić information content (AvgIpc) is 2.24. The van der Waals surface area contributed by atoms with E-state index in [-0.39, 0.29) is 18.3 Å². The van der Waals surface area contributed by atoms with Crippen molar-refractivity contribution >= 4 is 5.78 Å². The number of benzene rings is 1. The summed E-state index contributed by atoms with van der Waals surface area (Å²) in [6.07, 6.45) is 0. The van der Waals surface area contributed by atoms with Gasteiger partial charge in [0.15, 0.2) is 5.78 Å². The quantitative estimate of drug-likeness (QED) is 0.776. The van der Waals surface area contributed by atoms with Gasteiger partial charge in [0.1, 0.15) is 12.4 Å². The number of rotatable bonds is 5. The van der Waals surface area contributed by atoms with Crippen LogP contribution < -0.4 is 4.74 Å². The number of ketones is 1. The molecule has 0 aliphatic heterocycles. The number of hydrogen-bond donors (Lipinski definition) is 0. The van der Waals surface area contributed by atoms with E-state index in [0.717, 1.165) is 5.75 Å². The Kier molecular flexibility index (Phi) is 4.73. The summed E-state index contributed by atoms with van der Waals surface area (Å²) in [5.41, 5.74) is 2.42. The molecule has 2 heteroatoms. The van der Waals surface area contributed by atoms with E-state index < -0.39 is 0 Å². The average molecular weight is 234 g/mol. The van der Waals surface area contributed by atoms with Crippen LogP contribution in [0.2, 0.25) is 0 Å². The molecule has 0 radical (unpaired) electrons. The Hall–Kier alpha value is -1.31. The molecule has 0 aromatic heterocycles. The van der Waals surface area contributed by atoms with Crippen molar-refractivity contribution in [3.8, 4) is 5.75 Å². The van der Waals surface area contributed by atoms with Crippen molar-refractivity contribution in [2.24, 2.45) is 5.92 Å². The monoisotopic (exact) mass is 234 g/mol. The van der Waals surface area contributed by atoms with E-state index >= 15 is 0 Å². The van der Waals surface area contributed by atoms with Gasteiger partial charge in [-0.2, -0.15) is 0 Å². The molecule has 0 saturated carbocycles. The van der Waals surface area contributed by atoms with Crippen LogP contribution in [-0.4, -0.2) is 12.4 Å². The predicted molar refractivity (Wildman–Crippen MR) is 70.6 cm³/mol. The second-order valence-electron chi connectivity index (χ2n) is 5.14. The minimum Gasteiger partial charge on any atom is -0.486 e. The van der Waals surface area contributed by atoms with E-state index in [9.17, 15) is 4.79 Å². The number of hydrogen-bond acceptors (Lipinski definition) is 2. The van der Waals surface area contributed by atoms with E-state index in [1.165, 1.54) is 11.1 Å². The number of Topliss-reactive ketones (excluding diaryl/α,β-unsaturated/α-hetero) is 1. The fourth-order valence-corrected chi connectivity index (χ4v) is 1.51. The van der Waals surface area contributed by atoms with Gasteiger partial charge in [-0.3, -0.25) is 4.79 Å². The molecule has 17 heavy (non-hydrogen) atoms. The summed E-state index contributed by atoms with van der Waals surface area (Å²) in [6.45, 7) is 10.3. The molecule has 2 nitrogen and oxygen atoms in total. The van der Waals surface area contributed by atoms with Crippen molar-refractivity contribution in [3.63, 3.8) is 0 Å². The van der Waals surface area contributed by atoms with Gasteiger partial charge in [0.05, 0.1) is 0 Å². The minimum atomic E-state index is 0.0318. The van der Waals surface area contributed by atoms with Gasteiger partial charge in [0, 0.05) is 5.92 Å². The third-order valence-electron chi connectivity index (χ3n) is 2.76. The number of aryl methyl sites for hydroxylation is 1. The van der Waals surface area contributed by atoms with Gasteiger partial charge in [0.2, 0.25) is 0 Å². The third kappa shape index (κ3) is 4.22. The van der Waals surface area contributed by atoms with Gasteiger partial charge < -0.3 is 4.74 Å². The number of carbonyl (C=O) groups excluding carboxylic acids is 1. The fraction of sp³-hybridized carbons (Fsp3) is 0.533. The lowest BCUT2D eigenvalue weighted by Crippen LogP contribution is -2.16. The molecule has 0 unspecified atom stereocenters. The Labute approximate surface area is 104 Å². The van der Waals surface area contributed by atoms with Crippen molar-refractivity contribution in [3.05, 3.63) is 29.3 Å². The maximum atomic E-state index is 11.5. The highest BCUT2D eigenvalue weighted by Crippen LogP contribution is 2.22. The van der Waals surface area contributed by atoms with Gasteiger partial charge in [0.25, 0.3) is 0 Å². The van der Waals surface area contributed by atoms with Crippen LogP contribution in [-0.2, 0) is 4.79 Å². The maximum absolute atomic E-state index is 11.5. The molecule has 0 heterocycles. The smallest absolute Gasteiger partial charge is 0.172 e. The van der Waals surface area contributed by atoms with Crippen LogP contribution in [0.25, 0.3) is 0 Å². The first kappa shape index (κ1) is 13.8. The lowest BCUT2D eigenvalue weighted by atomic mass is 10.0. The van der Waals surface area contributed by atoms with Crippen LogP contribution in [0.15, 0.2) is 18.2 Å². The highest BCUT2D eigenvalue weighted by Gasteiger charge is 2.09. The zero-order valence-electron chi connectivity index (χ0n) is 11.4. The van der Waals surface area contributed by atoms with E-state index in [1.807, 2.05) is 32.9 Å². The van der Waals surface area contributed by atoms with Crippen LogP contribution in [0.4, 0.5) is 0 Å². The van der Waals surface area contributed by atoms with E-state index in [4.69, 9.17) is 4.74 Å². The summed E-state index contributed by atoms with van der Waals surface area (Å²) >= 11 is 0. The first-order chi connectivity index (χ1) is 7.90. The summed E-state index contributed by atoms with van der Waals surface area (Å²) in [4.78, 5) is 11.5. The second kappa shape index (κ2) is 5.85. The first-order valence-electron chi connectivity index (χ1n) is 6.17. The van der Waals surface area contributed by atoms with Crippen molar-refractivity contribution in [2.45, 2.75) is 40.5 Å². The van der Waals surface area contributed by atoms with Crippen molar-refractivity contribution in [1.82, 2.24) is 0 Å². The molecule has 0 saturated heterocycles. The molecule has 1 aromatic rings. The van der Waals surface area contributed by atoms with Gasteiger partial charge >= 0.3 is 0 Å².